The SMILES string of the molecule is COc1cc(N2CCN(C)CC2)ccc1Nc1nccc(-c2cc(OC(=O)Nc3c(C)cccc3Br)cn2C)n1. The largest absolute Gasteiger partial charge is 0.494 e. The van der Waals surface area contributed by atoms with Crippen LogP contribution in [-0.2, 0) is 7.05 Å². The molecule has 2 aromatic heterocycles. The fraction of sp³-hybridized carbons (Fsp3) is 0.276. The van der Waals surface area contributed by atoms with Gasteiger partial charge in [-0.2, -0.15) is 0 Å². The lowest BCUT2D eigenvalue weighted by Crippen LogP contribution is -2.44. The number of hydrogen-bond acceptors (Lipinski definition) is 8. The number of anilines is 4. The topological polar surface area (TPSA) is 96.8 Å². The van der Waals surface area contributed by atoms with E-state index < -0.39 is 6.09 Å². The summed E-state index contributed by atoms with van der Waals surface area (Å²) >= 11 is 3.46. The molecule has 208 valence electrons. The highest BCUT2D eigenvalue weighted by Gasteiger charge is 2.17. The number of aryl methyl sites for hydroxylation is 2. The summed E-state index contributed by atoms with van der Waals surface area (Å²) in [6.07, 6.45) is 2.84. The second kappa shape index (κ2) is 12.0. The first-order chi connectivity index (χ1) is 19.3. The summed E-state index contributed by atoms with van der Waals surface area (Å²) in [5, 5.41) is 6.08. The number of amides is 1. The highest BCUT2D eigenvalue weighted by molar-refractivity contribution is 9.10. The predicted octanol–water partition coefficient (Wildman–Crippen LogP) is 5.67. The van der Waals surface area contributed by atoms with Crippen LogP contribution in [0.25, 0.3) is 11.4 Å². The number of likely N-dealkylation sites (N-methyl/N-ethyl adjacent to an activating group) is 1. The molecule has 1 aliphatic rings. The summed E-state index contributed by atoms with van der Waals surface area (Å²) in [5.41, 5.74) is 4.93. The fourth-order valence-corrected chi connectivity index (χ4v) is 5.16. The van der Waals surface area contributed by atoms with E-state index in [9.17, 15) is 4.79 Å². The second-order valence-corrected chi connectivity index (χ2v) is 10.5. The van der Waals surface area contributed by atoms with Crippen molar-refractivity contribution < 1.29 is 14.3 Å². The molecule has 11 heteroatoms. The minimum Gasteiger partial charge on any atom is -0.494 e. The molecule has 0 unspecified atom stereocenters. The summed E-state index contributed by atoms with van der Waals surface area (Å²) < 4.78 is 13.9. The highest BCUT2D eigenvalue weighted by atomic mass is 79.9. The minimum absolute atomic E-state index is 0.397. The number of nitrogens with zero attached hydrogens (tertiary/aromatic N) is 5. The van der Waals surface area contributed by atoms with E-state index in [-0.39, 0.29) is 0 Å². The van der Waals surface area contributed by atoms with Crippen LogP contribution in [0.1, 0.15) is 5.56 Å². The van der Waals surface area contributed by atoms with Gasteiger partial charge in [0, 0.05) is 67.9 Å². The van der Waals surface area contributed by atoms with Gasteiger partial charge in [0.25, 0.3) is 0 Å². The average molecular weight is 607 g/mol. The van der Waals surface area contributed by atoms with E-state index in [1.54, 1.807) is 25.6 Å². The summed E-state index contributed by atoms with van der Waals surface area (Å²) in [7, 11) is 5.67. The molecule has 5 rings (SSSR count). The third kappa shape index (κ3) is 6.21. The van der Waals surface area contributed by atoms with Gasteiger partial charge in [0.05, 0.1) is 29.9 Å². The number of carbonyl (C=O) groups excluding carboxylic acids is 1. The van der Waals surface area contributed by atoms with Crippen LogP contribution in [0.3, 0.4) is 0 Å². The van der Waals surface area contributed by atoms with Gasteiger partial charge < -0.3 is 29.2 Å². The second-order valence-electron chi connectivity index (χ2n) is 9.68. The third-order valence-corrected chi connectivity index (χ3v) is 7.52. The number of carbonyl (C=O) groups is 1. The molecular weight excluding hydrogens is 574 g/mol. The molecule has 0 bridgehead atoms. The van der Waals surface area contributed by atoms with E-state index in [1.165, 1.54) is 0 Å². The van der Waals surface area contributed by atoms with Gasteiger partial charge in [0.15, 0.2) is 5.75 Å². The first-order valence-electron chi connectivity index (χ1n) is 12.9. The molecule has 0 spiro atoms. The zero-order chi connectivity index (χ0) is 28.2. The molecule has 4 aromatic rings. The predicted molar refractivity (Wildman–Crippen MR) is 161 cm³/mol. The van der Waals surface area contributed by atoms with Crippen LogP contribution >= 0.6 is 15.9 Å². The molecule has 40 heavy (non-hydrogen) atoms. The van der Waals surface area contributed by atoms with Gasteiger partial charge in [-0.05, 0) is 59.7 Å². The standard InChI is InChI=1S/C29H32BrN7O3/c1-19-6-5-7-22(30)27(19)34-29(38)40-21-17-25(36(3)18-21)23-10-11-31-28(32-23)33-24-9-8-20(16-26(24)39-4)37-14-12-35(2)13-15-37/h5-11,16-18H,12-15H2,1-4H3,(H,34,38)(H,31,32,33). The smallest absolute Gasteiger partial charge is 0.417 e. The molecule has 0 saturated carbocycles. The Morgan fingerprint density at radius 3 is 2.60 bits per heavy atom. The van der Waals surface area contributed by atoms with Gasteiger partial charge in [-0.25, -0.2) is 14.8 Å². The number of para-hydroxylation sites is 1. The molecule has 2 N–H and O–H groups in total. The first kappa shape index (κ1) is 27.5. The van der Waals surface area contributed by atoms with Gasteiger partial charge in [-0.3, -0.25) is 5.32 Å². The quantitative estimate of drug-likeness (QED) is 0.278. The number of benzene rings is 2. The van der Waals surface area contributed by atoms with Crippen molar-refractivity contribution in [1.29, 1.82) is 0 Å². The number of nitrogens with one attached hydrogen (secondary N) is 2. The van der Waals surface area contributed by atoms with Crippen molar-refractivity contribution in [3.63, 3.8) is 0 Å². The summed E-state index contributed by atoms with van der Waals surface area (Å²) in [6.45, 7) is 5.93. The van der Waals surface area contributed by atoms with Crippen LogP contribution in [0, 0.1) is 6.92 Å². The van der Waals surface area contributed by atoms with E-state index >= 15 is 0 Å². The summed E-state index contributed by atoms with van der Waals surface area (Å²) in [5.74, 6) is 1.54. The van der Waals surface area contributed by atoms with Crippen molar-refractivity contribution in [3.05, 3.63) is 71.0 Å². The van der Waals surface area contributed by atoms with Crippen molar-refractivity contribution in [2.24, 2.45) is 7.05 Å². The maximum absolute atomic E-state index is 12.6. The third-order valence-electron chi connectivity index (χ3n) is 6.86. The molecule has 1 amide bonds. The number of piperazine rings is 1. The molecule has 0 radical (unpaired) electrons. The molecule has 1 saturated heterocycles. The number of hydrogen-bond donors (Lipinski definition) is 2. The molecular formula is C29H32BrN7O3. The van der Waals surface area contributed by atoms with Crippen molar-refractivity contribution in [2.45, 2.75) is 6.92 Å². The fourth-order valence-electron chi connectivity index (χ4n) is 4.60. The van der Waals surface area contributed by atoms with Crippen LogP contribution in [-0.4, -0.2) is 65.9 Å². The maximum atomic E-state index is 12.6. The Hall–Kier alpha value is -4.09. The Morgan fingerprint density at radius 1 is 1.05 bits per heavy atom. The Morgan fingerprint density at radius 2 is 1.85 bits per heavy atom. The normalized spacial score (nSPS) is 13.7. The van der Waals surface area contributed by atoms with Gasteiger partial charge in [0.1, 0.15) is 5.75 Å². The van der Waals surface area contributed by atoms with E-state index in [1.807, 2.05) is 54.9 Å². The van der Waals surface area contributed by atoms with E-state index in [0.717, 1.165) is 53.3 Å². The lowest BCUT2D eigenvalue weighted by Gasteiger charge is -2.34. The molecule has 1 fully saturated rings. The average Bonchev–Trinajstić information content (AvgIpc) is 3.31. The molecule has 0 atom stereocenters. The first-order valence-corrected chi connectivity index (χ1v) is 13.7. The van der Waals surface area contributed by atoms with E-state index in [0.29, 0.717) is 28.8 Å². The Labute approximate surface area is 242 Å². The number of rotatable bonds is 7. The van der Waals surface area contributed by atoms with Crippen LogP contribution in [0.2, 0.25) is 0 Å². The van der Waals surface area contributed by atoms with E-state index in [4.69, 9.17) is 14.5 Å². The van der Waals surface area contributed by atoms with Crippen LogP contribution in [0.15, 0.2) is 65.4 Å². The van der Waals surface area contributed by atoms with Gasteiger partial charge in [0.2, 0.25) is 5.95 Å². The zero-order valence-corrected chi connectivity index (χ0v) is 24.5. The van der Waals surface area contributed by atoms with Gasteiger partial charge in [-0.1, -0.05) is 12.1 Å². The number of ether oxygens (including phenoxy) is 2. The number of methoxy groups -OCH3 is 1. The Balaban J connectivity index is 1.30. The summed E-state index contributed by atoms with van der Waals surface area (Å²) in [4.78, 5) is 26.4. The zero-order valence-electron chi connectivity index (χ0n) is 22.9. The molecule has 3 heterocycles. The maximum Gasteiger partial charge on any atom is 0.417 e. The van der Waals surface area contributed by atoms with Crippen molar-refractivity contribution in [1.82, 2.24) is 19.4 Å². The van der Waals surface area contributed by atoms with Crippen LogP contribution in [0.4, 0.5) is 27.8 Å². The molecule has 2 aromatic carbocycles. The van der Waals surface area contributed by atoms with Crippen molar-refractivity contribution >= 4 is 45.0 Å². The molecule has 10 nitrogen and oxygen atoms in total. The highest BCUT2D eigenvalue weighted by Crippen LogP contribution is 2.33. The summed E-state index contributed by atoms with van der Waals surface area (Å²) in [6, 6.07) is 15.4. The monoisotopic (exact) mass is 605 g/mol. The van der Waals surface area contributed by atoms with Crippen molar-refractivity contribution in [2.75, 3.05) is 55.9 Å². The molecule has 1 aliphatic heterocycles. The lowest BCUT2D eigenvalue weighted by molar-refractivity contribution is 0.215. The van der Waals surface area contributed by atoms with Crippen LogP contribution < -0.4 is 25.0 Å². The Bertz CT molecular complexity index is 1500. The number of halogens is 1. The lowest BCUT2D eigenvalue weighted by atomic mass is 10.2. The van der Waals surface area contributed by atoms with Gasteiger partial charge >= 0.3 is 6.09 Å². The van der Waals surface area contributed by atoms with Crippen molar-refractivity contribution in [3.8, 4) is 22.9 Å². The minimum atomic E-state index is -0.579. The van der Waals surface area contributed by atoms with Crippen LogP contribution in [0.5, 0.6) is 11.5 Å². The van der Waals surface area contributed by atoms with E-state index in [2.05, 4.69) is 54.5 Å². The number of aromatic nitrogens is 3. The molecule has 0 aliphatic carbocycles. The Kier molecular flexibility index (Phi) is 8.22. The van der Waals surface area contributed by atoms with Gasteiger partial charge in [-0.15, -0.1) is 0 Å².